The summed E-state index contributed by atoms with van der Waals surface area (Å²) in [4.78, 5) is 3.57. The summed E-state index contributed by atoms with van der Waals surface area (Å²) in [5, 5.41) is 0. The van der Waals surface area contributed by atoms with E-state index in [2.05, 4.69) is 42.2 Å². The first kappa shape index (κ1) is 9.71. The van der Waals surface area contributed by atoms with Gasteiger partial charge in [-0.2, -0.15) is 0 Å². The number of aromatic nitrogens is 1. The minimum absolute atomic E-state index is 1.22. The molecule has 0 bridgehead atoms. The average Bonchev–Trinajstić information content (AvgIpc) is 2.73. The van der Waals surface area contributed by atoms with Gasteiger partial charge in [-0.1, -0.05) is 29.8 Å². The number of hydrogen-bond donors (Lipinski definition) is 1. The van der Waals surface area contributed by atoms with Crippen LogP contribution in [0, 0.1) is 6.92 Å². The first-order valence-electron chi connectivity index (χ1n) is 6.11. The molecule has 1 aliphatic rings. The summed E-state index contributed by atoms with van der Waals surface area (Å²) in [7, 11) is 0. The third-order valence-corrected chi connectivity index (χ3v) is 3.48. The highest BCUT2D eigenvalue weighted by atomic mass is 14.7. The first-order chi connectivity index (χ1) is 7.83. The molecule has 0 amide bonds. The Bertz CT molecular complexity index is 467. The Kier molecular flexibility index (Phi) is 2.32. The zero-order valence-electron chi connectivity index (χ0n) is 9.72. The SMILES string of the molecule is Cc1ccc(-c2cc3c([nH]2)CCCC3)cc1. The molecule has 1 aromatic heterocycles. The molecule has 0 atom stereocenters. The lowest BCUT2D eigenvalue weighted by Crippen LogP contribution is -1.99. The number of benzene rings is 1. The fraction of sp³-hybridized carbons (Fsp3) is 0.333. The van der Waals surface area contributed by atoms with Gasteiger partial charge in [0.15, 0.2) is 0 Å². The number of H-pyrrole nitrogens is 1. The van der Waals surface area contributed by atoms with Crippen LogP contribution in [0.2, 0.25) is 0 Å². The van der Waals surface area contributed by atoms with E-state index in [0.717, 1.165) is 0 Å². The van der Waals surface area contributed by atoms with Gasteiger partial charge in [-0.3, -0.25) is 0 Å². The van der Waals surface area contributed by atoms with Crippen molar-refractivity contribution in [3.63, 3.8) is 0 Å². The van der Waals surface area contributed by atoms with Crippen molar-refractivity contribution >= 4 is 0 Å². The lowest BCUT2D eigenvalue weighted by atomic mass is 9.98. The van der Waals surface area contributed by atoms with Crippen LogP contribution in [0.25, 0.3) is 11.3 Å². The van der Waals surface area contributed by atoms with Crippen LogP contribution in [0.3, 0.4) is 0 Å². The highest BCUT2D eigenvalue weighted by Crippen LogP contribution is 2.27. The maximum Gasteiger partial charge on any atom is 0.0458 e. The van der Waals surface area contributed by atoms with Crippen molar-refractivity contribution in [3.05, 3.63) is 47.2 Å². The second-order valence-electron chi connectivity index (χ2n) is 4.76. The minimum Gasteiger partial charge on any atom is -0.358 e. The van der Waals surface area contributed by atoms with Crippen molar-refractivity contribution in [1.29, 1.82) is 0 Å². The van der Waals surface area contributed by atoms with Crippen LogP contribution in [0.1, 0.15) is 29.7 Å². The second-order valence-corrected chi connectivity index (χ2v) is 4.76. The van der Waals surface area contributed by atoms with Crippen molar-refractivity contribution in [3.8, 4) is 11.3 Å². The third-order valence-electron chi connectivity index (χ3n) is 3.48. The Hall–Kier alpha value is -1.50. The molecule has 16 heavy (non-hydrogen) atoms. The molecular weight excluding hydrogens is 194 g/mol. The lowest BCUT2D eigenvalue weighted by Gasteiger charge is -2.09. The number of nitrogens with one attached hydrogen (secondary N) is 1. The molecule has 82 valence electrons. The van der Waals surface area contributed by atoms with E-state index < -0.39 is 0 Å². The fourth-order valence-electron chi connectivity index (χ4n) is 2.49. The molecule has 2 aromatic rings. The van der Waals surface area contributed by atoms with Crippen molar-refractivity contribution in [2.24, 2.45) is 0 Å². The largest absolute Gasteiger partial charge is 0.358 e. The Labute approximate surface area is 96.5 Å². The van der Waals surface area contributed by atoms with Gasteiger partial charge in [0.1, 0.15) is 0 Å². The summed E-state index contributed by atoms with van der Waals surface area (Å²) in [6.45, 7) is 2.13. The normalized spacial score (nSPS) is 14.8. The van der Waals surface area contributed by atoms with Gasteiger partial charge in [-0.05, 0) is 49.8 Å². The molecule has 3 rings (SSSR count). The van der Waals surface area contributed by atoms with Gasteiger partial charge >= 0.3 is 0 Å². The van der Waals surface area contributed by atoms with Crippen molar-refractivity contribution in [2.75, 3.05) is 0 Å². The van der Waals surface area contributed by atoms with Crippen molar-refractivity contribution in [1.82, 2.24) is 4.98 Å². The van der Waals surface area contributed by atoms with E-state index in [1.807, 2.05) is 0 Å². The van der Waals surface area contributed by atoms with Gasteiger partial charge in [0.2, 0.25) is 0 Å². The quantitative estimate of drug-likeness (QED) is 0.737. The van der Waals surface area contributed by atoms with Crippen LogP contribution in [-0.4, -0.2) is 4.98 Å². The highest BCUT2D eigenvalue weighted by Gasteiger charge is 2.12. The highest BCUT2D eigenvalue weighted by molar-refractivity contribution is 5.62. The summed E-state index contributed by atoms with van der Waals surface area (Å²) in [5.41, 5.74) is 6.90. The Morgan fingerprint density at radius 1 is 1.00 bits per heavy atom. The van der Waals surface area contributed by atoms with Crippen LogP contribution in [0.5, 0.6) is 0 Å². The minimum atomic E-state index is 1.22. The maximum absolute atomic E-state index is 3.57. The summed E-state index contributed by atoms with van der Waals surface area (Å²) < 4.78 is 0. The molecule has 1 heterocycles. The molecule has 0 radical (unpaired) electrons. The Morgan fingerprint density at radius 2 is 1.75 bits per heavy atom. The molecule has 0 saturated carbocycles. The summed E-state index contributed by atoms with van der Waals surface area (Å²) in [6, 6.07) is 11.1. The number of aryl methyl sites for hydroxylation is 3. The van der Waals surface area contributed by atoms with E-state index in [9.17, 15) is 0 Å². The predicted molar refractivity (Wildman–Crippen MR) is 67.6 cm³/mol. The smallest absolute Gasteiger partial charge is 0.0458 e. The maximum atomic E-state index is 3.57. The monoisotopic (exact) mass is 211 g/mol. The molecule has 0 saturated heterocycles. The van der Waals surface area contributed by atoms with Gasteiger partial charge in [0.25, 0.3) is 0 Å². The van der Waals surface area contributed by atoms with E-state index in [-0.39, 0.29) is 0 Å². The third kappa shape index (κ3) is 1.67. The van der Waals surface area contributed by atoms with Crippen LogP contribution in [0.15, 0.2) is 30.3 Å². The van der Waals surface area contributed by atoms with Crippen LogP contribution in [0.4, 0.5) is 0 Å². The van der Waals surface area contributed by atoms with Crippen LogP contribution in [-0.2, 0) is 12.8 Å². The lowest BCUT2D eigenvalue weighted by molar-refractivity contribution is 0.677. The standard InChI is InChI=1S/C15H17N/c1-11-6-8-12(9-7-11)15-10-13-4-2-3-5-14(13)16-15/h6-10,16H,2-5H2,1H3. The molecule has 0 unspecified atom stereocenters. The van der Waals surface area contributed by atoms with Gasteiger partial charge in [0, 0.05) is 11.4 Å². The van der Waals surface area contributed by atoms with Gasteiger partial charge in [0.05, 0.1) is 0 Å². The molecule has 0 fully saturated rings. The van der Waals surface area contributed by atoms with E-state index in [1.54, 1.807) is 0 Å². The predicted octanol–water partition coefficient (Wildman–Crippen LogP) is 3.87. The zero-order valence-corrected chi connectivity index (χ0v) is 9.72. The summed E-state index contributed by atoms with van der Waals surface area (Å²) >= 11 is 0. The molecule has 1 N–H and O–H groups in total. The number of hydrogen-bond acceptors (Lipinski definition) is 0. The summed E-state index contributed by atoms with van der Waals surface area (Å²) in [5.74, 6) is 0. The first-order valence-corrected chi connectivity index (χ1v) is 6.11. The molecule has 0 aliphatic heterocycles. The zero-order chi connectivity index (χ0) is 11.0. The molecule has 1 aliphatic carbocycles. The Balaban J connectivity index is 2.00. The fourth-order valence-corrected chi connectivity index (χ4v) is 2.49. The van der Waals surface area contributed by atoms with Gasteiger partial charge in [-0.15, -0.1) is 0 Å². The van der Waals surface area contributed by atoms with Crippen molar-refractivity contribution in [2.45, 2.75) is 32.6 Å². The average molecular weight is 211 g/mol. The van der Waals surface area contributed by atoms with Crippen LogP contribution >= 0.6 is 0 Å². The number of rotatable bonds is 1. The van der Waals surface area contributed by atoms with Gasteiger partial charge < -0.3 is 4.98 Å². The molecule has 1 nitrogen and oxygen atoms in total. The van der Waals surface area contributed by atoms with E-state index in [1.165, 1.54) is 53.8 Å². The molecular formula is C15H17N. The van der Waals surface area contributed by atoms with Crippen LogP contribution < -0.4 is 0 Å². The van der Waals surface area contributed by atoms with E-state index >= 15 is 0 Å². The molecule has 1 aromatic carbocycles. The number of aromatic amines is 1. The second kappa shape index (κ2) is 3.82. The van der Waals surface area contributed by atoms with E-state index in [0.29, 0.717) is 0 Å². The Morgan fingerprint density at radius 3 is 2.50 bits per heavy atom. The van der Waals surface area contributed by atoms with Gasteiger partial charge in [-0.25, -0.2) is 0 Å². The number of fused-ring (bicyclic) bond motifs is 1. The van der Waals surface area contributed by atoms with Crippen molar-refractivity contribution < 1.29 is 0 Å². The molecule has 1 heteroatoms. The molecule has 0 spiro atoms. The summed E-state index contributed by atoms with van der Waals surface area (Å²) in [6.07, 6.45) is 5.15. The topological polar surface area (TPSA) is 15.8 Å². The van der Waals surface area contributed by atoms with E-state index in [4.69, 9.17) is 0 Å².